The van der Waals surface area contributed by atoms with E-state index in [1.165, 1.54) is 0 Å². The van der Waals surface area contributed by atoms with Crippen LogP contribution in [0.4, 0.5) is 4.79 Å². The third-order valence-electron chi connectivity index (χ3n) is 3.81. The van der Waals surface area contributed by atoms with E-state index in [1.807, 2.05) is 29.2 Å². The number of amides is 1. The van der Waals surface area contributed by atoms with Crippen LogP contribution >= 0.6 is 11.6 Å². The van der Waals surface area contributed by atoms with Crippen LogP contribution < -0.4 is 0 Å². The van der Waals surface area contributed by atoms with Gasteiger partial charge >= 0.3 is 6.03 Å². The Hall–Kier alpha value is -1.55. The first kappa shape index (κ1) is 13.4. The summed E-state index contributed by atoms with van der Waals surface area (Å²) in [6, 6.07) is 7.85. The third kappa shape index (κ3) is 2.08. The minimum absolute atomic E-state index is 0.0429. The van der Waals surface area contributed by atoms with Gasteiger partial charge < -0.3 is 4.90 Å². The number of carbonyl (C=O) groups is 1. The molecule has 1 amide bonds. The van der Waals surface area contributed by atoms with E-state index in [1.54, 1.807) is 4.57 Å². The van der Waals surface area contributed by atoms with Gasteiger partial charge in [-0.1, -0.05) is 19.1 Å². The Balaban J connectivity index is 2.13. The molecule has 106 valence electrons. The summed E-state index contributed by atoms with van der Waals surface area (Å²) in [7, 11) is 0. The summed E-state index contributed by atoms with van der Waals surface area (Å²) in [5.74, 6) is 1.68. The third-order valence-corrected chi connectivity index (χ3v) is 4.02. The molecule has 1 aromatic carbocycles. The number of imidazole rings is 1. The molecule has 4 nitrogen and oxygen atoms in total. The van der Waals surface area contributed by atoms with Gasteiger partial charge in [-0.05, 0) is 25.0 Å². The minimum atomic E-state index is 0.0429. The molecule has 1 aliphatic heterocycles. The van der Waals surface area contributed by atoms with Crippen molar-refractivity contribution in [1.82, 2.24) is 14.5 Å². The van der Waals surface area contributed by atoms with Crippen LogP contribution in [0, 0.1) is 0 Å². The van der Waals surface area contributed by atoms with Gasteiger partial charge in [-0.3, -0.25) is 0 Å². The first-order valence-corrected chi connectivity index (χ1v) is 7.62. The maximum atomic E-state index is 12.6. The SMILES string of the molecule is CCCN1CC(CCCl)c2nc3ccccc3n2C1=O. The highest BCUT2D eigenvalue weighted by atomic mass is 35.5. The molecule has 0 saturated heterocycles. The fraction of sp³-hybridized carbons (Fsp3) is 0.467. The lowest BCUT2D eigenvalue weighted by molar-refractivity contribution is 0.184. The van der Waals surface area contributed by atoms with Crippen LogP contribution in [-0.2, 0) is 0 Å². The largest absolute Gasteiger partial charge is 0.330 e. The molecule has 3 rings (SSSR count). The zero-order chi connectivity index (χ0) is 14.1. The molecule has 2 aromatic rings. The van der Waals surface area contributed by atoms with Crippen molar-refractivity contribution >= 4 is 28.7 Å². The van der Waals surface area contributed by atoms with E-state index in [4.69, 9.17) is 11.6 Å². The second-order valence-electron chi connectivity index (χ2n) is 5.20. The van der Waals surface area contributed by atoms with E-state index < -0.39 is 0 Å². The number of nitrogens with zero attached hydrogens (tertiary/aromatic N) is 3. The van der Waals surface area contributed by atoms with E-state index in [9.17, 15) is 4.79 Å². The molecule has 1 atom stereocenters. The number of alkyl halides is 1. The lowest BCUT2D eigenvalue weighted by Crippen LogP contribution is -2.44. The monoisotopic (exact) mass is 291 g/mol. The fourth-order valence-electron chi connectivity index (χ4n) is 2.90. The molecule has 0 fully saturated rings. The van der Waals surface area contributed by atoms with Crippen LogP contribution in [0.25, 0.3) is 11.0 Å². The molecular formula is C15H18ClN3O. The van der Waals surface area contributed by atoms with E-state index in [0.717, 1.165) is 42.8 Å². The Labute approximate surface area is 123 Å². The van der Waals surface area contributed by atoms with E-state index in [-0.39, 0.29) is 11.9 Å². The molecule has 1 unspecified atom stereocenters. The summed E-state index contributed by atoms with van der Waals surface area (Å²) >= 11 is 5.92. The summed E-state index contributed by atoms with van der Waals surface area (Å²) < 4.78 is 1.77. The van der Waals surface area contributed by atoms with Crippen molar-refractivity contribution in [3.05, 3.63) is 30.1 Å². The predicted molar refractivity (Wildman–Crippen MR) is 80.5 cm³/mol. The summed E-state index contributed by atoms with van der Waals surface area (Å²) in [5, 5.41) is 0. The Morgan fingerprint density at radius 2 is 2.20 bits per heavy atom. The Morgan fingerprint density at radius 3 is 2.95 bits per heavy atom. The maximum absolute atomic E-state index is 12.6. The zero-order valence-electron chi connectivity index (χ0n) is 11.6. The molecule has 0 bridgehead atoms. The summed E-state index contributed by atoms with van der Waals surface area (Å²) in [6.45, 7) is 3.59. The van der Waals surface area contributed by atoms with Gasteiger partial charge in [0.2, 0.25) is 0 Å². The lowest BCUT2D eigenvalue weighted by atomic mass is 10.0. The van der Waals surface area contributed by atoms with Gasteiger partial charge in [0.05, 0.1) is 11.0 Å². The van der Waals surface area contributed by atoms with Crippen LogP contribution in [0.15, 0.2) is 24.3 Å². The van der Waals surface area contributed by atoms with Crippen LogP contribution in [0.2, 0.25) is 0 Å². The number of carbonyl (C=O) groups excluding carboxylic acids is 1. The number of aromatic nitrogens is 2. The maximum Gasteiger partial charge on any atom is 0.330 e. The van der Waals surface area contributed by atoms with Gasteiger partial charge in [-0.2, -0.15) is 0 Å². The van der Waals surface area contributed by atoms with E-state index in [0.29, 0.717) is 5.88 Å². The number of rotatable bonds is 4. The molecule has 0 saturated carbocycles. The quantitative estimate of drug-likeness (QED) is 0.809. The van der Waals surface area contributed by atoms with Crippen LogP contribution in [0.5, 0.6) is 0 Å². The highest BCUT2D eigenvalue weighted by Gasteiger charge is 2.33. The molecule has 5 heteroatoms. The highest BCUT2D eigenvalue weighted by Crippen LogP contribution is 2.30. The van der Waals surface area contributed by atoms with Gasteiger partial charge in [0, 0.05) is 24.9 Å². The average molecular weight is 292 g/mol. The van der Waals surface area contributed by atoms with Crippen molar-refractivity contribution in [3.8, 4) is 0 Å². The molecule has 2 heterocycles. The lowest BCUT2D eigenvalue weighted by Gasteiger charge is -2.32. The van der Waals surface area contributed by atoms with Crippen molar-refractivity contribution in [3.63, 3.8) is 0 Å². The minimum Gasteiger partial charge on any atom is -0.323 e. The molecule has 20 heavy (non-hydrogen) atoms. The number of para-hydroxylation sites is 2. The second-order valence-corrected chi connectivity index (χ2v) is 5.58. The molecule has 0 radical (unpaired) electrons. The molecule has 0 aliphatic carbocycles. The number of benzene rings is 1. The van der Waals surface area contributed by atoms with Crippen molar-refractivity contribution < 1.29 is 4.79 Å². The Morgan fingerprint density at radius 1 is 1.40 bits per heavy atom. The first-order valence-electron chi connectivity index (χ1n) is 7.09. The number of hydrogen-bond acceptors (Lipinski definition) is 2. The van der Waals surface area contributed by atoms with Crippen LogP contribution in [0.1, 0.15) is 31.5 Å². The van der Waals surface area contributed by atoms with E-state index in [2.05, 4.69) is 11.9 Å². The average Bonchev–Trinajstić information content (AvgIpc) is 2.84. The number of hydrogen-bond donors (Lipinski definition) is 0. The molecule has 1 aliphatic rings. The normalized spacial score (nSPS) is 18.6. The molecule has 0 spiro atoms. The number of fused-ring (bicyclic) bond motifs is 3. The smallest absolute Gasteiger partial charge is 0.323 e. The van der Waals surface area contributed by atoms with Gasteiger partial charge in [0.1, 0.15) is 5.82 Å². The first-order chi connectivity index (χ1) is 9.76. The van der Waals surface area contributed by atoms with E-state index >= 15 is 0 Å². The predicted octanol–water partition coefficient (Wildman–Crippen LogP) is 3.44. The van der Waals surface area contributed by atoms with Crippen LogP contribution in [-0.4, -0.2) is 39.5 Å². The van der Waals surface area contributed by atoms with Crippen molar-refractivity contribution in [2.45, 2.75) is 25.7 Å². The van der Waals surface area contributed by atoms with Crippen LogP contribution in [0.3, 0.4) is 0 Å². The van der Waals surface area contributed by atoms with Gasteiger partial charge in [-0.15, -0.1) is 11.6 Å². The highest BCUT2D eigenvalue weighted by molar-refractivity contribution is 6.17. The second kappa shape index (κ2) is 5.44. The Kier molecular flexibility index (Phi) is 3.66. The van der Waals surface area contributed by atoms with Crippen molar-refractivity contribution in [2.75, 3.05) is 19.0 Å². The summed E-state index contributed by atoms with van der Waals surface area (Å²) in [4.78, 5) is 19.2. The summed E-state index contributed by atoms with van der Waals surface area (Å²) in [5.41, 5.74) is 1.78. The fourth-order valence-corrected chi connectivity index (χ4v) is 3.16. The van der Waals surface area contributed by atoms with Crippen molar-refractivity contribution in [2.24, 2.45) is 0 Å². The van der Waals surface area contributed by atoms with Gasteiger partial charge in [-0.25, -0.2) is 14.3 Å². The molecular weight excluding hydrogens is 274 g/mol. The Bertz CT molecular complexity index is 637. The van der Waals surface area contributed by atoms with Gasteiger partial charge in [0.25, 0.3) is 0 Å². The molecule has 1 aromatic heterocycles. The standard InChI is InChI=1S/C15H18ClN3O/c1-2-9-18-10-11(7-8-16)14-17-12-5-3-4-6-13(12)19(14)15(18)20/h3-6,11H,2,7-10H2,1H3. The van der Waals surface area contributed by atoms with Gasteiger partial charge in [0.15, 0.2) is 0 Å². The number of halogens is 1. The topological polar surface area (TPSA) is 38.1 Å². The van der Waals surface area contributed by atoms with Crippen molar-refractivity contribution in [1.29, 1.82) is 0 Å². The molecule has 0 N–H and O–H groups in total. The summed E-state index contributed by atoms with van der Waals surface area (Å²) in [6.07, 6.45) is 1.81. The zero-order valence-corrected chi connectivity index (χ0v) is 12.3.